The molecule has 0 radical (unpaired) electrons. The molecule has 0 rings (SSSR count). The molecule has 0 aromatic heterocycles. The second-order valence-electron chi connectivity index (χ2n) is 1.80. The fourth-order valence-electron chi connectivity index (χ4n) is 0.447. The van der Waals surface area contributed by atoms with Crippen LogP contribution in [0.25, 0.3) is 0 Å². The maximum Gasteiger partial charge on any atom is 0.0326 e. The van der Waals surface area contributed by atoms with E-state index in [1.807, 2.05) is 0 Å². The number of hydrogen-bond donors (Lipinski definition) is 0. The van der Waals surface area contributed by atoms with Crippen LogP contribution in [0, 0.1) is 0 Å². The molecule has 0 aliphatic heterocycles. The second-order valence-corrected chi connectivity index (χ2v) is 26.6. The predicted molar refractivity (Wildman–Crippen MR) is 45.8 cm³/mol. The molecule has 0 aromatic carbocycles. The van der Waals surface area contributed by atoms with Gasteiger partial charge in [-0.1, -0.05) is 0 Å². The highest BCUT2D eigenvalue weighted by molar-refractivity contribution is 7.93. The fourth-order valence-corrected chi connectivity index (χ4v) is 36.2. The molecule has 0 bridgehead atoms. The van der Waals surface area contributed by atoms with Crippen LogP contribution in [-0.2, 0) is 0 Å². The van der Waals surface area contributed by atoms with Gasteiger partial charge in [-0.15, -0.1) is 7.47 Å². The second kappa shape index (κ2) is 4.25. The van der Waals surface area contributed by atoms with Gasteiger partial charge >= 0.3 is 0 Å². The highest BCUT2D eigenvalue weighted by atomic mass is 31.4. The molecule has 0 aliphatic rings. The molecule has 6 heavy (non-hydrogen) atoms. The van der Waals surface area contributed by atoms with Crippen molar-refractivity contribution in [3.63, 3.8) is 0 Å². The van der Waals surface area contributed by atoms with Crippen LogP contribution < -0.4 is 0 Å². The predicted octanol–water partition coefficient (Wildman–Crippen LogP) is -1.82. The average Bonchev–Trinajstić information content (AvgIpc) is 1.35. The monoisotopic (exact) mass is 152 g/mol. The van der Waals surface area contributed by atoms with E-state index in [-0.39, 0.29) is 0 Å². The van der Waals surface area contributed by atoms with E-state index in [4.69, 9.17) is 0 Å². The van der Waals surface area contributed by atoms with Crippen LogP contribution in [0.5, 0.6) is 0 Å². The third kappa shape index (κ3) is 5.08. The van der Waals surface area contributed by atoms with Gasteiger partial charge < -0.3 is 0 Å². The molecular weight excluding hydrogens is 139 g/mol. The lowest BCUT2D eigenvalue weighted by molar-refractivity contribution is 2.29. The molecule has 0 fully saturated rings. The Kier molecular flexibility index (Phi) is 5.01. The van der Waals surface area contributed by atoms with Gasteiger partial charge in [-0.2, -0.15) is 0 Å². The van der Waals surface area contributed by atoms with Gasteiger partial charge in [0.1, 0.15) is 0 Å². The SMILES string of the molecule is CP(C)[SiH2][SiH2][SiH3]. The quantitative estimate of drug-likeness (QED) is 0.323. The van der Waals surface area contributed by atoms with Gasteiger partial charge in [-0.25, -0.2) is 0 Å². The molecule has 0 unspecified atom stereocenters. The van der Waals surface area contributed by atoms with Crippen molar-refractivity contribution in [2.45, 2.75) is 0 Å². The van der Waals surface area contributed by atoms with Crippen molar-refractivity contribution in [1.82, 2.24) is 0 Å². The molecule has 0 saturated heterocycles. The average molecular weight is 152 g/mol. The third-order valence-corrected chi connectivity index (χ3v) is 30.2. The van der Waals surface area contributed by atoms with E-state index in [1.54, 1.807) is 9.76 Å². The van der Waals surface area contributed by atoms with Crippen molar-refractivity contribution in [2.24, 2.45) is 0 Å². The molecule has 0 atom stereocenters. The van der Waals surface area contributed by atoms with Gasteiger partial charge in [0.05, 0.1) is 0 Å². The molecule has 0 aromatic rings. The molecule has 0 heterocycles. The standard InChI is InChI=1S/C2H13PSi3/c1-3(2)5-6-4/h5-6H2,1-2,4H3. The minimum Gasteiger partial charge on any atom is -0.136 e. The number of hydrogen-bond acceptors (Lipinski definition) is 0. The number of rotatable bonds is 2. The molecule has 4 heteroatoms. The van der Waals surface area contributed by atoms with Crippen molar-refractivity contribution < 1.29 is 0 Å². The highest BCUT2D eigenvalue weighted by Gasteiger charge is 1.86. The summed E-state index contributed by atoms with van der Waals surface area (Å²) in [7, 11) is 3.53. The topological polar surface area (TPSA) is 0 Å². The van der Waals surface area contributed by atoms with Gasteiger partial charge in [0.25, 0.3) is 0 Å². The first-order chi connectivity index (χ1) is 2.77. The van der Waals surface area contributed by atoms with Gasteiger partial charge in [0, 0.05) is 8.70 Å². The molecular formula is C2H13PSi3. The fraction of sp³-hybridized carbons (Fsp3) is 1.00. The Bertz CT molecular complexity index is 30.0. The van der Waals surface area contributed by atoms with Gasteiger partial charge in [0.15, 0.2) is 0 Å². The summed E-state index contributed by atoms with van der Waals surface area (Å²) in [6.07, 6.45) is 0. The maximum absolute atomic E-state index is 2.44. The smallest absolute Gasteiger partial charge is 0.0326 e. The van der Waals surface area contributed by atoms with Crippen LogP contribution in [0.15, 0.2) is 0 Å². The summed E-state index contributed by atoms with van der Waals surface area (Å²) in [6, 6.07) is 0. The van der Waals surface area contributed by atoms with E-state index in [0.717, 1.165) is 0 Å². The summed E-state index contributed by atoms with van der Waals surface area (Å²) >= 11 is 0. The van der Waals surface area contributed by atoms with E-state index in [0.29, 0.717) is 24.7 Å². The lowest BCUT2D eigenvalue weighted by Crippen LogP contribution is -1.98. The molecule has 0 nitrogen and oxygen atoms in total. The zero-order valence-corrected chi connectivity index (χ0v) is 10.6. The Hall–Kier alpha value is 1.08. The Labute approximate surface area is 48.4 Å². The Morgan fingerprint density at radius 3 is 2.00 bits per heavy atom. The van der Waals surface area contributed by atoms with E-state index in [2.05, 4.69) is 13.3 Å². The van der Waals surface area contributed by atoms with Crippen molar-refractivity contribution in [3.05, 3.63) is 0 Å². The lowest BCUT2D eigenvalue weighted by Gasteiger charge is -1.96. The zero-order chi connectivity index (χ0) is 4.99. The lowest BCUT2D eigenvalue weighted by atomic mass is 11.9. The minimum absolute atomic E-state index is 0.622. The molecule has 0 spiro atoms. The summed E-state index contributed by atoms with van der Waals surface area (Å²) in [6.45, 7) is 4.87. The molecule has 0 N–H and O–H groups in total. The van der Waals surface area contributed by atoms with Gasteiger partial charge in [-0.05, 0) is 31.6 Å². The largest absolute Gasteiger partial charge is 0.136 e. The summed E-state index contributed by atoms with van der Waals surface area (Å²) in [4.78, 5) is 0. The Balaban J connectivity index is 2.63. The highest BCUT2D eigenvalue weighted by Crippen LogP contribution is 2.18. The van der Waals surface area contributed by atoms with Crippen molar-refractivity contribution >= 4 is 34.5 Å². The third-order valence-electron chi connectivity index (χ3n) is 0.671. The van der Waals surface area contributed by atoms with Crippen molar-refractivity contribution in [3.8, 4) is 0 Å². The normalized spacial score (nSPS) is 14.5. The van der Waals surface area contributed by atoms with Crippen LogP contribution in [0.3, 0.4) is 0 Å². The van der Waals surface area contributed by atoms with Crippen LogP contribution in [0.1, 0.15) is 0 Å². The van der Waals surface area contributed by atoms with Crippen LogP contribution >= 0.6 is 7.47 Å². The minimum atomic E-state index is 0.622. The molecule has 0 amide bonds. The summed E-state index contributed by atoms with van der Waals surface area (Å²) in [5, 5.41) is 0. The van der Waals surface area contributed by atoms with Crippen LogP contribution in [0.4, 0.5) is 0 Å². The molecule has 0 saturated carbocycles. The Morgan fingerprint density at radius 1 is 1.50 bits per heavy atom. The summed E-state index contributed by atoms with van der Waals surface area (Å²) < 4.78 is 0. The van der Waals surface area contributed by atoms with Gasteiger partial charge in [0.2, 0.25) is 0 Å². The first kappa shape index (κ1) is 7.08. The first-order valence-corrected chi connectivity index (χ1v) is 16.4. The van der Waals surface area contributed by atoms with Gasteiger partial charge in [-0.3, -0.25) is 0 Å². The first-order valence-electron chi connectivity index (χ1n) is 2.42. The van der Waals surface area contributed by atoms with E-state index in [1.165, 1.54) is 0 Å². The van der Waals surface area contributed by atoms with E-state index < -0.39 is 0 Å². The van der Waals surface area contributed by atoms with Crippen molar-refractivity contribution in [1.29, 1.82) is 0 Å². The zero-order valence-electron chi connectivity index (χ0n) is 4.86. The van der Waals surface area contributed by atoms with Crippen molar-refractivity contribution in [2.75, 3.05) is 13.3 Å². The molecule has 38 valence electrons. The summed E-state index contributed by atoms with van der Waals surface area (Å²) in [5.74, 6) is 0. The van der Waals surface area contributed by atoms with E-state index in [9.17, 15) is 0 Å². The van der Waals surface area contributed by atoms with Crippen LogP contribution in [-0.4, -0.2) is 40.3 Å². The molecule has 0 aliphatic carbocycles. The maximum atomic E-state index is 2.44. The van der Waals surface area contributed by atoms with Crippen LogP contribution in [0.2, 0.25) is 0 Å². The Morgan fingerprint density at radius 2 is 2.00 bits per heavy atom. The van der Waals surface area contributed by atoms with E-state index >= 15 is 0 Å². The summed E-state index contributed by atoms with van der Waals surface area (Å²) in [5.41, 5.74) is 0.